The SMILES string of the molecule is Cc1cc(Br)c2c(c1)N(C1CCOCC1)C(=O)C2=O. The van der Waals surface area contributed by atoms with E-state index in [4.69, 9.17) is 4.74 Å². The molecule has 19 heavy (non-hydrogen) atoms. The molecule has 5 heteroatoms. The van der Waals surface area contributed by atoms with Crippen LogP contribution in [-0.2, 0) is 9.53 Å². The number of hydrogen-bond donors (Lipinski definition) is 0. The van der Waals surface area contributed by atoms with E-state index >= 15 is 0 Å². The Bertz CT molecular complexity index is 564. The molecule has 1 aromatic rings. The number of aryl methyl sites for hydroxylation is 1. The number of hydrogen-bond acceptors (Lipinski definition) is 3. The van der Waals surface area contributed by atoms with Crippen molar-refractivity contribution in [3.8, 4) is 0 Å². The minimum atomic E-state index is -0.409. The number of rotatable bonds is 1. The third-order valence-electron chi connectivity index (χ3n) is 3.67. The molecule has 0 N–H and O–H groups in total. The number of ether oxygens (including phenoxy) is 1. The van der Waals surface area contributed by atoms with Gasteiger partial charge in [-0.3, -0.25) is 9.59 Å². The monoisotopic (exact) mass is 323 g/mol. The minimum absolute atomic E-state index is 0.0696. The molecule has 4 nitrogen and oxygen atoms in total. The van der Waals surface area contributed by atoms with E-state index in [-0.39, 0.29) is 6.04 Å². The Labute approximate surface area is 119 Å². The third-order valence-corrected chi connectivity index (χ3v) is 4.29. The smallest absolute Gasteiger partial charge is 0.299 e. The maximum absolute atomic E-state index is 12.2. The standard InChI is InChI=1S/C14H14BrNO3/c1-8-6-10(15)12-11(7-8)16(14(18)13(12)17)9-2-4-19-5-3-9/h6-7,9H,2-5H2,1H3. The van der Waals surface area contributed by atoms with E-state index in [9.17, 15) is 9.59 Å². The molecule has 0 aliphatic carbocycles. The summed E-state index contributed by atoms with van der Waals surface area (Å²) < 4.78 is 6.03. The van der Waals surface area contributed by atoms with Crippen LogP contribution in [0.3, 0.4) is 0 Å². The molecular formula is C14H14BrNO3. The summed E-state index contributed by atoms with van der Waals surface area (Å²) in [6.45, 7) is 3.25. The zero-order valence-corrected chi connectivity index (χ0v) is 12.2. The summed E-state index contributed by atoms with van der Waals surface area (Å²) in [5, 5.41) is 0. The van der Waals surface area contributed by atoms with E-state index < -0.39 is 11.7 Å². The largest absolute Gasteiger partial charge is 0.381 e. The normalized spacial score (nSPS) is 20.0. The summed E-state index contributed by atoms with van der Waals surface area (Å²) in [7, 11) is 0. The van der Waals surface area contributed by atoms with Crippen LogP contribution in [0.15, 0.2) is 16.6 Å². The highest BCUT2D eigenvalue weighted by Crippen LogP contribution is 2.38. The average Bonchev–Trinajstić information content (AvgIpc) is 2.63. The second-order valence-electron chi connectivity index (χ2n) is 4.99. The highest BCUT2D eigenvalue weighted by molar-refractivity contribution is 9.10. The van der Waals surface area contributed by atoms with Gasteiger partial charge in [0.1, 0.15) is 0 Å². The molecule has 1 amide bonds. The number of fused-ring (bicyclic) bond motifs is 1. The number of halogens is 1. The Kier molecular flexibility index (Phi) is 3.19. The number of carbonyl (C=O) groups excluding carboxylic acids is 2. The lowest BCUT2D eigenvalue weighted by molar-refractivity contribution is -0.115. The molecule has 0 spiro atoms. The van der Waals surface area contributed by atoms with Gasteiger partial charge in [-0.2, -0.15) is 0 Å². The highest BCUT2D eigenvalue weighted by atomic mass is 79.9. The molecule has 0 radical (unpaired) electrons. The Hall–Kier alpha value is -1.20. The van der Waals surface area contributed by atoms with Gasteiger partial charge in [0.05, 0.1) is 11.3 Å². The Morgan fingerprint density at radius 1 is 1.26 bits per heavy atom. The highest BCUT2D eigenvalue weighted by Gasteiger charge is 2.41. The van der Waals surface area contributed by atoms with Crippen molar-refractivity contribution in [1.82, 2.24) is 0 Å². The summed E-state index contributed by atoms with van der Waals surface area (Å²) in [5.74, 6) is -0.818. The fourth-order valence-corrected chi connectivity index (χ4v) is 3.51. The van der Waals surface area contributed by atoms with Crippen LogP contribution < -0.4 is 4.90 Å². The first-order valence-electron chi connectivity index (χ1n) is 6.35. The van der Waals surface area contributed by atoms with Crippen LogP contribution >= 0.6 is 15.9 Å². The fraction of sp³-hybridized carbons (Fsp3) is 0.429. The Morgan fingerprint density at radius 3 is 2.63 bits per heavy atom. The molecule has 2 aliphatic rings. The fourth-order valence-electron chi connectivity index (χ4n) is 2.77. The molecule has 0 unspecified atom stereocenters. The van der Waals surface area contributed by atoms with Crippen LogP contribution in [-0.4, -0.2) is 30.9 Å². The lowest BCUT2D eigenvalue weighted by Gasteiger charge is -2.31. The molecule has 3 rings (SSSR count). The maximum atomic E-state index is 12.2. The Morgan fingerprint density at radius 2 is 1.95 bits per heavy atom. The number of carbonyl (C=O) groups is 2. The molecule has 100 valence electrons. The zero-order chi connectivity index (χ0) is 13.6. The summed E-state index contributed by atoms with van der Waals surface area (Å²) in [4.78, 5) is 26.0. The van der Waals surface area contributed by atoms with Gasteiger partial charge in [0.25, 0.3) is 11.7 Å². The van der Waals surface area contributed by atoms with Crippen molar-refractivity contribution in [2.75, 3.05) is 18.1 Å². The number of ketones is 1. The molecule has 0 atom stereocenters. The molecule has 1 aromatic carbocycles. The lowest BCUT2D eigenvalue weighted by Crippen LogP contribution is -2.42. The predicted molar refractivity (Wildman–Crippen MR) is 74.5 cm³/mol. The summed E-state index contributed by atoms with van der Waals surface area (Å²) in [5.41, 5.74) is 2.28. The minimum Gasteiger partial charge on any atom is -0.381 e. The first-order valence-corrected chi connectivity index (χ1v) is 7.14. The van der Waals surface area contributed by atoms with Crippen molar-refractivity contribution in [2.45, 2.75) is 25.8 Å². The van der Waals surface area contributed by atoms with Crippen LogP contribution in [0, 0.1) is 6.92 Å². The number of anilines is 1. The van der Waals surface area contributed by atoms with E-state index in [1.807, 2.05) is 19.1 Å². The molecule has 2 aliphatic heterocycles. The van der Waals surface area contributed by atoms with Crippen molar-refractivity contribution < 1.29 is 14.3 Å². The molecule has 0 bridgehead atoms. The van der Waals surface area contributed by atoms with Crippen molar-refractivity contribution in [3.05, 3.63) is 27.7 Å². The number of benzene rings is 1. The van der Waals surface area contributed by atoms with Gasteiger partial charge in [0.2, 0.25) is 0 Å². The van der Waals surface area contributed by atoms with Crippen molar-refractivity contribution in [3.63, 3.8) is 0 Å². The molecule has 0 aromatic heterocycles. The van der Waals surface area contributed by atoms with Gasteiger partial charge >= 0.3 is 0 Å². The zero-order valence-electron chi connectivity index (χ0n) is 10.6. The van der Waals surface area contributed by atoms with Crippen LogP contribution in [0.25, 0.3) is 0 Å². The van der Waals surface area contributed by atoms with E-state index in [1.165, 1.54) is 0 Å². The van der Waals surface area contributed by atoms with E-state index in [0.29, 0.717) is 23.2 Å². The second-order valence-corrected chi connectivity index (χ2v) is 5.84. The van der Waals surface area contributed by atoms with Crippen molar-refractivity contribution in [1.29, 1.82) is 0 Å². The van der Waals surface area contributed by atoms with E-state index in [0.717, 1.165) is 24.1 Å². The number of nitrogens with zero attached hydrogens (tertiary/aromatic N) is 1. The van der Waals surface area contributed by atoms with E-state index in [1.54, 1.807) is 4.90 Å². The van der Waals surface area contributed by atoms with Gasteiger partial charge in [-0.15, -0.1) is 0 Å². The topological polar surface area (TPSA) is 46.6 Å². The maximum Gasteiger partial charge on any atom is 0.299 e. The second kappa shape index (κ2) is 4.72. The molecule has 2 heterocycles. The van der Waals surface area contributed by atoms with Crippen LogP contribution in [0.2, 0.25) is 0 Å². The predicted octanol–water partition coefficient (Wildman–Crippen LogP) is 2.47. The van der Waals surface area contributed by atoms with Crippen molar-refractivity contribution in [2.24, 2.45) is 0 Å². The first kappa shape index (κ1) is 12.8. The summed E-state index contributed by atoms with van der Waals surface area (Å²) >= 11 is 3.39. The lowest BCUT2D eigenvalue weighted by atomic mass is 10.1. The number of amides is 1. The summed E-state index contributed by atoms with van der Waals surface area (Å²) in [6.07, 6.45) is 1.56. The molecule has 0 saturated carbocycles. The van der Waals surface area contributed by atoms with Gasteiger partial charge in [-0.1, -0.05) is 0 Å². The molecular weight excluding hydrogens is 310 g/mol. The molecule has 1 saturated heterocycles. The van der Waals surface area contributed by atoms with E-state index in [2.05, 4.69) is 15.9 Å². The van der Waals surface area contributed by atoms with Crippen LogP contribution in [0.1, 0.15) is 28.8 Å². The van der Waals surface area contributed by atoms with Gasteiger partial charge in [0.15, 0.2) is 0 Å². The van der Waals surface area contributed by atoms with Crippen molar-refractivity contribution >= 4 is 33.3 Å². The van der Waals surface area contributed by atoms with Gasteiger partial charge in [-0.25, -0.2) is 0 Å². The third kappa shape index (κ3) is 2.01. The summed E-state index contributed by atoms with van der Waals surface area (Å²) in [6, 6.07) is 3.86. The van der Waals surface area contributed by atoms with Crippen LogP contribution in [0.4, 0.5) is 5.69 Å². The average molecular weight is 324 g/mol. The van der Waals surface area contributed by atoms with Crippen LogP contribution in [0.5, 0.6) is 0 Å². The Balaban J connectivity index is 2.08. The number of Topliss-reactive ketones (excluding diaryl/α,β-unsaturated/α-hetero) is 1. The van der Waals surface area contributed by atoms with Gasteiger partial charge in [-0.05, 0) is 53.4 Å². The quantitative estimate of drug-likeness (QED) is 0.746. The first-order chi connectivity index (χ1) is 9.09. The van der Waals surface area contributed by atoms with Gasteiger partial charge in [0, 0.05) is 23.7 Å². The van der Waals surface area contributed by atoms with Gasteiger partial charge < -0.3 is 9.64 Å². The molecule has 1 fully saturated rings.